The quantitative estimate of drug-likeness (QED) is 0.726. The molecular weight excluding hydrogens is 192 g/mol. The Kier molecular flexibility index (Phi) is 3.14. The van der Waals surface area contributed by atoms with E-state index < -0.39 is 12.1 Å². The van der Waals surface area contributed by atoms with Crippen LogP contribution in [0, 0.1) is 0 Å². The zero-order chi connectivity index (χ0) is 9.84. The van der Waals surface area contributed by atoms with Crippen molar-refractivity contribution in [1.82, 2.24) is 0 Å². The van der Waals surface area contributed by atoms with E-state index in [0.29, 0.717) is 10.8 Å². The van der Waals surface area contributed by atoms with Gasteiger partial charge in [0.2, 0.25) is 0 Å². The highest BCUT2D eigenvalue weighted by molar-refractivity contribution is 6.30. The lowest BCUT2D eigenvalue weighted by molar-refractivity contribution is -0.312. The third-order valence-electron chi connectivity index (χ3n) is 1.46. The predicted octanol–water partition coefficient (Wildman–Crippen LogP) is 0.857. The summed E-state index contributed by atoms with van der Waals surface area (Å²) in [5.41, 5.74) is 0. The number of carbonyl (C=O) groups excluding carboxylic acids is 1. The molecule has 0 N–H and O–H groups in total. The van der Waals surface area contributed by atoms with E-state index in [1.165, 1.54) is 6.92 Å². The van der Waals surface area contributed by atoms with Crippen molar-refractivity contribution >= 4 is 17.6 Å². The molecule has 13 heavy (non-hydrogen) atoms. The van der Waals surface area contributed by atoms with Gasteiger partial charge in [0, 0.05) is 5.02 Å². The van der Waals surface area contributed by atoms with Crippen LogP contribution in [-0.4, -0.2) is 12.1 Å². The van der Waals surface area contributed by atoms with Crippen molar-refractivity contribution in [3.8, 4) is 5.75 Å². The molecule has 0 spiro atoms. The number of benzene rings is 1. The van der Waals surface area contributed by atoms with E-state index in [1.54, 1.807) is 24.3 Å². The summed E-state index contributed by atoms with van der Waals surface area (Å²) < 4.78 is 5.01. The van der Waals surface area contributed by atoms with Crippen molar-refractivity contribution < 1.29 is 14.6 Å². The normalized spacial score (nSPS) is 12.2. The molecule has 0 amide bonds. The monoisotopic (exact) mass is 199 g/mol. The second-order valence-electron chi connectivity index (χ2n) is 2.53. The van der Waals surface area contributed by atoms with Gasteiger partial charge in [0.15, 0.2) is 0 Å². The van der Waals surface area contributed by atoms with Gasteiger partial charge in [-0.05, 0) is 31.2 Å². The van der Waals surface area contributed by atoms with E-state index in [2.05, 4.69) is 0 Å². The van der Waals surface area contributed by atoms with E-state index in [1.807, 2.05) is 0 Å². The maximum absolute atomic E-state index is 10.3. The summed E-state index contributed by atoms with van der Waals surface area (Å²) in [5, 5.41) is 10.9. The van der Waals surface area contributed by atoms with Crippen molar-refractivity contribution in [3.05, 3.63) is 29.3 Å². The summed E-state index contributed by atoms with van der Waals surface area (Å²) in [6.45, 7) is 1.41. The number of halogens is 1. The molecule has 0 heterocycles. The summed E-state index contributed by atoms with van der Waals surface area (Å²) in [6, 6.07) is 6.45. The maximum atomic E-state index is 10.3. The molecule has 4 heteroatoms. The molecule has 0 saturated carbocycles. The summed E-state index contributed by atoms with van der Waals surface area (Å²) in [7, 11) is 0. The number of carbonyl (C=O) groups is 1. The predicted molar refractivity (Wildman–Crippen MR) is 46.5 cm³/mol. The average Bonchev–Trinajstić information content (AvgIpc) is 2.08. The molecule has 0 aliphatic rings. The van der Waals surface area contributed by atoms with Gasteiger partial charge in [-0.3, -0.25) is 0 Å². The Morgan fingerprint density at radius 1 is 1.46 bits per heavy atom. The lowest BCUT2D eigenvalue weighted by Crippen LogP contribution is -2.37. The highest BCUT2D eigenvalue weighted by Gasteiger charge is 2.03. The first kappa shape index (κ1) is 9.86. The Bertz CT molecular complexity index is 294. The highest BCUT2D eigenvalue weighted by Crippen LogP contribution is 2.16. The van der Waals surface area contributed by atoms with Crippen molar-refractivity contribution in [2.45, 2.75) is 13.0 Å². The van der Waals surface area contributed by atoms with Gasteiger partial charge in [0.1, 0.15) is 11.9 Å². The number of rotatable bonds is 3. The van der Waals surface area contributed by atoms with Crippen molar-refractivity contribution in [2.24, 2.45) is 0 Å². The van der Waals surface area contributed by atoms with Crippen LogP contribution in [-0.2, 0) is 4.79 Å². The maximum Gasteiger partial charge on any atom is 0.135 e. The third kappa shape index (κ3) is 2.95. The molecule has 0 saturated heterocycles. The molecule has 1 atom stereocenters. The molecule has 0 aromatic heterocycles. The van der Waals surface area contributed by atoms with Crippen LogP contribution < -0.4 is 9.84 Å². The van der Waals surface area contributed by atoms with Crippen molar-refractivity contribution in [2.75, 3.05) is 0 Å². The van der Waals surface area contributed by atoms with E-state index in [0.717, 1.165) is 0 Å². The number of carboxylic acid groups (broad SMARTS) is 1. The van der Waals surface area contributed by atoms with Crippen molar-refractivity contribution in [3.63, 3.8) is 0 Å². The van der Waals surface area contributed by atoms with Gasteiger partial charge in [-0.1, -0.05) is 11.6 Å². The Morgan fingerprint density at radius 2 is 2.00 bits per heavy atom. The lowest BCUT2D eigenvalue weighted by atomic mass is 10.3. The Morgan fingerprint density at radius 3 is 2.46 bits per heavy atom. The van der Waals surface area contributed by atoms with Gasteiger partial charge in [-0.25, -0.2) is 0 Å². The third-order valence-corrected chi connectivity index (χ3v) is 1.71. The minimum Gasteiger partial charge on any atom is -0.546 e. The fourth-order valence-electron chi connectivity index (χ4n) is 0.765. The number of ether oxygens (including phenoxy) is 1. The molecule has 0 fully saturated rings. The van der Waals surface area contributed by atoms with Crippen molar-refractivity contribution in [1.29, 1.82) is 0 Å². The Hall–Kier alpha value is -1.22. The molecule has 1 aromatic carbocycles. The first-order valence-corrected chi connectivity index (χ1v) is 4.10. The van der Waals surface area contributed by atoms with Crippen LogP contribution in [0.3, 0.4) is 0 Å². The average molecular weight is 200 g/mol. The molecule has 0 radical (unpaired) electrons. The Balaban J connectivity index is 2.64. The van der Waals surface area contributed by atoms with Gasteiger partial charge in [0.05, 0.1) is 5.97 Å². The second kappa shape index (κ2) is 4.14. The molecule has 0 aliphatic heterocycles. The Labute approximate surface area is 80.9 Å². The van der Waals surface area contributed by atoms with E-state index >= 15 is 0 Å². The van der Waals surface area contributed by atoms with Gasteiger partial charge in [-0.2, -0.15) is 0 Å². The largest absolute Gasteiger partial charge is 0.546 e. The van der Waals surface area contributed by atoms with E-state index in [-0.39, 0.29) is 0 Å². The number of aliphatic carboxylic acids is 1. The summed E-state index contributed by atoms with van der Waals surface area (Å²) in [6.07, 6.45) is -0.957. The van der Waals surface area contributed by atoms with Gasteiger partial charge in [-0.15, -0.1) is 0 Å². The topological polar surface area (TPSA) is 49.4 Å². The first-order valence-electron chi connectivity index (χ1n) is 3.72. The number of hydrogen-bond donors (Lipinski definition) is 0. The standard InChI is InChI=1S/C9H9ClO3/c1-6(9(11)12)13-8-4-2-7(10)3-5-8/h2-6H,1H3,(H,11,12)/p-1. The van der Waals surface area contributed by atoms with Gasteiger partial charge in [0.25, 0.3) is 0 Å². The molecular formula is C9H8ClO3-. The smallest absolute Gasteiger partial charge is 0.135 e. The van der Waals surface area contributed by atoms with E-state index in [9.17, 15) is 9.90 Å². The fourth-order valence-corrected chi connectivity index (χ4v) is 0.891. The van der Waals surface area contributed by atoms with Crippen LogP contribution in [0.1, 0.15) is 6.92 Å². The first-order chi connectivity index (χ1) is 6.09. The molecule has 1 aromatic rings. The van der Waals surface area contributed by atoms with Crippen LogP contribution >= 0.6 is 11.6 Å². The highest BCUT2D eigenvalue weighted by atomic mass is 35.5. The number of carboxylic acids is 1. The van der Waals surface area contributed by atoms with Crippen LogP contribution in [0.5, 0.6) is 5.75 Å². The number of hydrogen-bond acceptors (Lipinski definition) is 3. The lowest BCUT2D eigenvalue weighted by Gasteiger charge is -2.14. The SMILES string of the molecule is CC(Oc1ccc(Cl)cc1)C(=O)[O-]. The zero-order valence-electron chi connectivity index (χ0n) is 6.99. The van der Waals surface area contributed by atoms with E-state index in [4.69, 9.17) is 16.3 Å². The zero-order valence-corrected chi connectivity index (χ0v) is 7.75. The van der Waals surface area contributed by atoms with Crippen LogP contribution in [0.2, 0.25) is 5.02 Å². The molecule has 0 bridgehead atoms. The molecule has 3 nitrogen and oxygen atoms in total. The molecule has 1 rings (SSSR count). The van der Waals surface area contributed by atoms with Crippen LogP contribution in [0.4, 0.5) is 0 Å². The van der Waals surface area contributed by atoms with Crippen LogP contribution in [0.15, 0.2) is 24.3 Å². The molecule has 70 valence electrons. The van der Waals surface area contributed by atoms with Crippen LogP contribution in [0.25, 0.3) is 0 Å². The van der Waals surface area contributed by atoms with Gasteiger partial charge >= 0.3 is 0 Å². The minimum absolute atomic E-state index is 0.459. The fraction of sp³-hybridized carbons (Fsp3) is 0.222. The second-order valence-corrected chi connectivity index (χ2v) is 2.97. The van der Waals surface area contributed by atoms with Gasteiger partial charge < -0.3 is 14.6 Å². The molecule has 0 aliphatic carbocycles. The summed E-state index contributed by atoms with van der Waals surface area (Å²) >= 11 is 5.63. The summed E-state index contributed by atoms with van der Waals surface area (Å²) in [4.78, 5) is 10.3. The molecule has 1 unspecified atom stereocenters. The summed E-state index contributed by atoms with van der Waals surface area (Å²) in [5.74, 6) is -0.781. The minimum atomic E-state index is -1.24.